The van der Waals surface area contributed by atoms with Gasteiger partial charge in [-0.2, -0.15) is 0 Å². The van der Waals surface area contributed by atoms with Crippen LogP contribution >= 0.6 is 0 Å². The van der Waals surface area contributed by atoms with Crippen molar-refractivity contribution in [3.63, 3.8) is 0 Å². The smallest absolute Gasteiger partial charge is 0.116 e. The van der Waals surface area contributed by atoms with E-state index in [1.807, 2.05) is 6.08 Å². The first-order chi connectivity index (χ1) is 10.8. The minimum absolute atomic E-state index is 0.0596. The van der Waals surface area contributed by atoms with Crippen LogP contribution in [0.4, 0.5) is 4.39 Å². The van der Waals surface area contributed by atoms with Crippen LogP contribution in [0.15, 0.2) is 24.0 Å². The number of halogens is 1. The Morgan fingerprint density at radius 1 is 1.26 bits per heavy atom. The summed E-state index contributed by atoms with van der Waals surface area (Å²) in [6.07, 6.45) is 7.46. The molecule has 4 unspecified atom stereocenters. The number of rotatable bonds is 0. The third kappa shape index (κ3) is 1.94. The van der Waals surface area contributed by atoms with Gasteiger partial charge in [-0.15, -0.1) is 0 Å². The third-order valence-corrected chi connectivity index (χ3v) is 7.92. The molecule has 0 bridgehead atoms. The summed E-state index contributed by atoms with van der Waals surface area (Å²) in [6.45, 7) is 4.37. The number of aliphatic hydroxyl groups excluding tert-OH is 2. The maximum atomic E-state index is 14.4. The van der Waals surface area contributed by atoms with Crippen LogP contribution in [0.1, 0.15) is 39.5 Å². The highest BCUT2D eigenvalue weighted by Gasteiger charge is 2.63. The molecule has 4 rings (SSSR count). The van der Waals surface area contributed by atoms with Gasteiger partial charge in [0.2, 0.25) is 0 Å². The first-order valence-corrected chi connectivity index (χ1v) is 8.95. The molecule has 0 aliphatic heterocycles. The van der Waals surface area contributed by atoms with Crippen LogP contribution in [0.2, 0.25) is 0 Å². The fraction of sp³-hybridized carbons (Fsp3) is 0.789. The Kier molecular flexibility index (Phi) is 3.28. The number of hydrogen-bond acceptors (Lipinski definition) is 3. The maximum absolute atomic E-state index is 14.4. The molecule has 0 spiro atoms. The zero-order valence-corrected chi connectivity index (χ0v) is 14.0. The minimum atomic E-state index is -0.952. The van der Waals surface area contributed by atoms with Crippen molar-refractivity contribution in [1.82, 2.24) is 0 Å². The van der Waals surface area contributed by atoms with Gasteiger partial charge in [-0.1, -0.05) is 19.9 Å². The topological polar surface area (TPSA) is 66.5 Å². The summed E-state index contributed by atoms with van der Waals surface area (Å²) < 4.78 is 14.4. The van der Waals surface area contributed by atoms with Crippen LogP contribution in [0.3, 0.4) is 0 Å². The largest absolute Gasteiger partial charge is 0.508 e. The van der Waals surface area contributed by atoms with E-state index < -0.39 is 18.3 Å². The molecule has 3 saturated carbocycles. The molecule has 23 heavy (non-hydrogen) atoms. The van der Waals surface area contributed by atoms with Gasteiger partial charge in [-0.05, 0) is 72.3 Å². The van der Waals surface area contributed by atoms with Crippen LogP contribution < -0.4 is 5.73 Å². The molecule has 4 aliphatic rings. The summed E-state index contributed by atoms with van der Waals surface area (Å²) in [5, 5.41) is 20.7. The van der Waals surface area contributed by atoms with E-state index >= 15 is 0 Å². The average molecular weight is 321 g/mol. The zero-order valence-electron chi connectivity index (χ0n) is 14.0. The lowest BCUT2D eigenvalue weighted by atomic mass is 9.46. The van der Waals surface area contributed by atoms with Crippen molar-refractivity contribution in [2.45, 2.75) is 57.8 Å². The molecule has 0 radical (unpaired) electrons. The van der Waals surface area contributed by atoms with E-state index in [0.29, 0.717) is 24.5 Å². The Balaban J connectivity index is 1.73. The second kappa shape index (κ2) is 4.82. The molecule has 0 heterocycles. The summed E-state index contributed by atoms with van der Waals surface area (Å²) >= 11 is 0. The highest BCUT2D eigenvalue weighted by Crippen LogP contribution is 2.64. The summed E-state index contributed by atoms with van der Waals surface area (Å²) in [5.41, 5.74) is 5.95. The van der Waals surface area contributed by atoms with Crippen molar-refractivity contribution in [2.75, 3.05) is 0 Å². The molecule has 3 nitrogen and oxygen atoms in total. The molecular formula is C19H28FNO2. The van der Waals surface area contributed by atoms with E-state index in [0.717, 1.165) is 12.8 Å². The standard InChI is InChI=1S/C19H28FNO2/c1-18-5-3-11(22)7-10(18)8-15(23)16-12(18)4-6-19(2)13(16)9-14(20)17(19)21/h3,5,7,10,12-17,22-23H,4,6,8-9,21H2,1-2H3/t10?,12-,13+,14?,15?,16-,17?,18+,19+/m1/s1. The van der Waals surface area contributed by atoms with Crippen LogP contribution in [0, 0.1) is 34.5 Å². The molecule has 4 aliphatic carbocycles. The van der Waals surface area contributed by atoms with Gasteiger partial charge in [0.15, 0.2) is 0 Å². The molecule has 9 atom stereocenters. The first-order valence-electron chi connectivity index (χ1n) is 8.95. The van der Waals surface area contributed by atoms with Crippen molar-refractivity contribution in [3.8, 4) is 0 Å². The zero-order chi connectivity index (χ0) is 16.6. The summed E-state index contributed by atoms with van der Waals surface area (Å²) in [6, 6.07) is -0.406. The van der Waals surface area contributed by atoms with Gasteiger partial charge < -0.3 is 15.9 Å². The van der Waals surface area contributed by atoms with Crippen LogP contribution in [-0.4, -0.2) is 28.5 Å². The number of hydrogen-bond donors (Lipinski definition) is 3. The van der Waals surface area contributed by atoms with Crippen LogP contribution in [0.5, 0.6) is 0 Å². The molecule has 0 aromatic heterocycles. The molecule has 0 amide bonds. The Morgan fingerprint density at radius 3 is 2.74 bits per heavy atom. The minimum Gasteiger partial charge on any atom is -0.508 e. The monoisotopic (exact) mass is 321 g/mol. The highest BCUT2D eigenvalue weighted by atomic mass is 19.1. The predicted molar refractivity (Wildman–Crippen MR) is 87.4 cm³/mol. The Bertz CT molecular complexity index is 576. The quantitative estimate of drug-likeness (QED) is 0.642. The van der Waals surface area contributed by atoms with Crippen LogP contribution in [0.25, 0.3) is 0 Å². The highest BCUT2D eigenvalue weighted by molar-refractivity contribution is 5.28. The summed E-state index contributed by atoms with van der Waals surface area (Å²) in [4.78, 5) is 0. The van der Waals surface area contributed by atoms with E-state index in [9.17, 15) is 14.6 Å². The van der Waals surface area contributed by atoms with Gasteiger partial charge in [0.05, 0.1) is 6.10 Å². The van der Waals surface area contributed by atoms with Gasteiger partial charge in [0.25, 0.3) is 0 Å². The van der Waals surface area contributed by atoms with Gasteiger partial charge in [0.1, 0.15) is 11.9 Å². The molecule has 0 aromatic rings. The Labute approximate surface area is 137 Å². The number of aliphatic hydroxyl groups is 2. The molecule has 4 heteroatoms. The predicted octanol–water partition coefficient (Wildman–Crippen LogP) is 3.10. The Hall–Kier alpha value is -0.870. The molecular weight excluding hydrogens is 293 g/mol. The number of fused-ring (bicyclic) bond motifs is 5. The lowest BCUT2D eigenvalue weighted by Gasteiger charge is -2.59. The van der Waals surface area contributed by atoms with E-state index in [4.69, 9.17) is 5.73 Å². The van der Waals surface area contributed by atoms with E-state index in [-0.39, 0.29) is 28.6 Å². The van der Waals surface area contributed by atoms with Gasteiger partial charge in [0, 0.05) is 6.04 Å². The SMILES string of the molecule is C[C@]12C=CC(O)=CC1CC(O)[C@@H]1[C@H]2CC[C@]2(C)C(N)C(F)C[C@@H]12. The summed E-state index contributed by atoms with van der Waals surface area (Å²) in [7, 11) is 0. The van der Waals surface area contributed by atoms with Crippen molar-refractivity contribution in [3.05, 3.63) is 24.0 Å². The first kappa shape index (κ1) is 15.6. The van der Waals surface area contributed by atoms with Crippen molar-refractivity contribution in [2.24, 2.45) is 40.2 Å². The van der Waals surface area contributed by atoms with E-state index in [2.05, 4.69) is 19.9 Å². The second-order valence-electron chi connectivity index (χ2n) is 8.81. The molecule has 0 aromatic carbocycles. The number of allylic oxidation sites excluding steroid dienone is 3. The van der Waals surface area contributed by atoms with E-state index in [1.165, 1.54) is 0 Å². The lowest BCUT2D eigenvalue weighted by molar-refractivity contribution is -0.124. The second-order valence-corrected chi connectivity index (χ2v) is 8.81. The Morgan fingerprint density at radius 2 is 2.00 bits per heavy atom. The van der Waals surface area contributed by atoms with Crippen molar-refractivity contribution in [1.29, 1.82) is 0 Å². The van der Waals surface area contributed by atoms with Gasteiger partial charge >= 0.3 is 0 Å². The normalized spacial score (nSPS) is 58.1. The molecule has 0 saturated heterocycles. The summed E-state index contributed by atoms with van der Waals surface area (Å²) in [5.74, 6) is 1.05. The van der Waals surface area contributed by atoms with Gasteiger partial charge in [-0.3, -0.25) is 0 Å². The lowest BCUT2D eigenvalue weighted by Crippen LogP contribution is -2.57. The fourth-order valence-electron chi connectivity index (χ4n) is 6.44. The van der Waals surface area contributed by atoms with E-state index in [1.54, 1.807) is 6.08 Å². The van der Waals surface area contributed by atoms with Gasteiger partial charge in [-0.25, -0.2) is 4.39 Å². The number of alkyl halides is 1. The fourth-order valence-corrected chi connectivity index (χ4v) is 6.44. The van der Waals surface area contributed by atoms with Crippen LogP contribution in [-0.2, 0) is 0 Å². The van der Waals surface area contributed by atoms with Crippen molar-refractivity contribution < 1.29 is 14.6 Å². The van der Waals surface area contributed by atoms with Crippen molar-refractivity contribution >= 4 is 0 Å². The molecule has 3 fully saturated rings. The molecule has 4 N–H and O–H groups in total. The molecule has 128 valence electrons. The average Bonchev–Trinajstić information content (AvgIpc) is 2.73. The number of nitrogens with two attached hydrogens (primary N) is 1. The maximum Gasteiger partial charge on any atom is 0.116 e. The third-order valence-electron chi connectivity index (χ3n) is 7.92.